The minimum Gasteiger partial charge on any atom is -0.508 e. The molecular weight excluding hydrogens is 1220 g/mol. The number of aromatic hydroxyl groups is 2. The normalized spacial score (nSPS) is 11.7. The lowest BCUT2D eigenvalue weighted by Crippen LogP contribution is -2.41. The quantitative estimate of drug-likeness (QED) is 0.0108. The molecule has 0 saturated carbocycles. The number of hydrogen-bond donors (Lipinski definition) is 12. The van der Waals surface area contributed by atoms with E-state index < -0.39 is 32.1 Å². The number of pyridine rings is 2. The zero-order valence-electron chi connectivity index (χ0n) is 51.5. The molecule has 12 N–H and O–H groups in total. The van der Waals surface area contributed by atoms with Gasteiger partial charge in [-0.2, -0.15) is 9.13 Å². The molecule has 0 saturated heterocycles. The predicted molar refractivity (Wildman–Crippen MR) is 348 cm³/mol. The highest BCUT2D eigenvalue weighted by Crippen LogP contribution is 2.31. The van der Waals surface area contributed by atoms with Crippen LogP contribution in [-0.2, 0) is 70.2 Å². The van der Waals surface area contributed by atoms with Crippen LogP contribution in [0.3, 0.4) is 0 Å². The van der Waals surface area contributed by atoms with Crippen LogP contribution in [-0.4, -0.2) is 63.8 Å². The van der Waals surface area contributed by atoms with E-state index in [1.807, 2.05) is 12.1 Å². The van der Waals surface area contributed by atoms with Crippen LogP contribution in [0.25, 0.3) is 0 Å². The summed E-state index contributed by atoms with van der Waals surface area (Å²) in [5.74, 6) is -1.35. The van der Waals surface area contributed by atoms with Gasteiger partial charge in [-0.05, 0) is 155 Å². The molecule has 8 rings (SSSR count). The fraction of sp³-hybridized carbons (Fsp3) is 0.242. The van der Waals surface area contributed by atoms with Gasteiger partial charge in [-0.3, -0.25) is 54.6 Å². The third kappa shape index (κ3) is 19.5. The molecule has 1 atom stereocenters. The summed E-state index contributed by atoms with van der Waals surface area (Å²) in [5.41, 5.74) is 20.5. The standard InChI is InChI=1S/C66H74N12O12S2/c1-44-22-32-59(92(87,88)75-55-30-26-53(27-31-55)72-76-90-48(5)56-19-9-11-21-58(56)80)46(3)64(44)69-62(82)41-77-36-14-16-49(39-77)43-89-68-35-13-7-6-12-34-67-66(84)51-18-15-37-78(40-51)42-63(83)70-65-45(2)23-33-60(47(65)4)91(85,86)74-54-28-24-52(25-29-54)71-73-61(81)38-50-17-8-10-20-57(50)79/h8-11,14-33,36-37,39-40,48,68,71-72,74-76H,6-7,12-13,34-35,38,41-43H2,1-5H3,(H4-2,67,69,70,73,79,80,81,82,83,84)/p+2. The van der Waals surface area contributed by atoms with E-state index in [4.69, 9.17) is 9.68 Å². The number of phenols is 2. The summed E-state index contributed by atoms with van der Waals surface area (Å²) in [7, 11) is -8.19. The van der Waals surface area contributed by atoms with Gasteiger partial charge in [0.15, 0.2) is 24.8 Å². The smallest absolute Gasteiger partial charge is 0.290 e. The average molecular weight is 1290 g/mol. The molecule has 2 aromatic heterocycles. The third-order valence-electron chi connectivity index (χ3n) is 14.6. The summed E-state index contributed by atoms with van der Waals surface area (Å²) in [6.45, 7) is 9.65. The van der Waals surface area contributed by atoms with Gasteiger partial charge >= 0.3 is 0 Å². The molecule has 0 aliphatic heterocycles. The maximum absolute atomic E-state index is 13.7. The minimum atomic E-state index is -4.12. The Balaban J connectivity index is 0.699. The molecule has 482 valence electrons. The number of carbonyl (C=O) groups is 4. The molecule has 0 bridgehead atoms. The molecule has 8 aromatic rings. The summed E-state index contributed by atoms with van der Waals surface area (Å²) in [6.07, 6.45) is 9.56. The Morgan fingerprint density at radius 1 is 0.543 bits per heavy atom. The van der Waals surface area contributed by atoms with Crippen LogP contribution in [0.4, 0.5) is 34.1 Å². The Morgan fingerprint density at radius 2 is 1.07 bits per heavy atom. The lowest BCUT2D eigenvalue weighted by atomic mass is 10.1. The largest absolute Gasteiger partial charge is 0.508 e. The van der Waals surface area contributed by atoms with Crippen molar-refractivity contribution in [1.82, 2.24) is 21.8 Å². The van der Waals surface area contributed by atoms with E-state index in [1.54, 1.807) is 172 Å². The Morgan fingerprint density at radius 3 is 1.65 bits per heavy atom. The van der Waals surface area contributed by atoms with Crippen LogP contribution in [0, 0.1) is 27.7 Å². The maximum atomic E-state index is 13.7. The predicted octanol–water partition coefficient (Wildman–Crippen LogP) is 8.09. The topological polar surface area (TPSA) is 324 Å². The molecule has 4 amide bonds. The van der Waals surface area contributed by atoms with Gasteiger partial charge in [-0.1, -0.05) is 61.4 Å². The molecule has 1 unspecified atom stereocenters. The van der Waals surface area contributed by atoms with Crippen molar-refractivity contribution in [2.45, 2.75) is 102 Å². The Kier molecular flexibility index (Phi) is 23.8. The number of rotatable bonds is 32. The van der Waals surface area contributed by atoms with Crippen molar-refractivity contribution in [3.8, 4) is 11.5 Å². The number of hydroxylamine groups is 1. The van der Waals surface area contributed by atoms with Crippen LogP contribution in [0.5, 0.6) is 11.5 Å². The maximum Gasteiger partial charge on any atom is 0.290 e. The Hall–Kier alpha value is -9.96. The number of unbranched alkanes of at least 4 members (excludes halogenated alkanes) is 3. The molecule has 92 heavy (non-hydrogen) atoms. The van der Waals surface area contributed by atoms with Crippen molar-refractivity contribution in [2.75, 3.05) is 44.0 Å². The van der Waals surface area contributed by atoms with E-state index >= 15 is 0 Å². The number of anilines is 6. The van der Waals surface area contributed by atoms with Crippen LogP contribution in [0.1, 0.15) is 88.0 Å². The number of hydrazine groups is 2. The summed E-state index contributed by atoms with van der Waals surface area (Å²) in [6, 6.07) is 39.3. The Labute approximate surface area is 534 Å². The van der Waals surface area contributed by atoms with Crippen molar-refractivity contribution < 1.29 is 65.0 Å². The van der Waals surface area contributed by atoms with E-state index in [-0.39, 0.29) is 70.8 Å². The van der Waals surface area contributed by atoms with Gasteiger partial charge in [0.05, 0.1) is 34.2 Å². The molecular formula is C66H76N12O12S2+2. The lowest BCUT2D eigenvalue weighted by Gasteiger charge is -2.17. The number of carbonyl (C=O) groups excluding carboxylic acids is 4. The van der Waals surface area contributed by atoms with Crippen LogP contribution >= 0.6 is 0 Å². The van der Waals surface area contributed by atoms with E-state index in [9.17, 15) is 46.2 Å². The first-order chi connectivity index (χ1) is 44.1. The van der Waals surface area contributed by atoms with Crippen molar-refractivity contribution in [3.05, 3.63) is 215 Å². The molecule has 0 aliphatic carbocycles. The molecule has 0 fully saturated rings. The van der Waals surface area contributed by atoms with Gasteiger partial charge in [-0.25, -0.2) is 22.3 Å². The number of nitrogens with one attached hydrogen (secondary N) is 10. The zero-order chi connectivity index (χ0) is 65.8. The van der Waals surface area contributed by atoms with E-state index in [1.165, 1.54) is 30.3 Å². The van der Waals surface area contributed by atoms with Gasteiger partial charge in [0.25, 0.3) is 37.8 Å². The highest BCUT2D eigenvalue weighted by molar-refractivity contribution is 7.93. The highest BCUT2D eigenvalue weighted by atomic mass is 32.2. The fourth-order valence-corrected chi connectivity index (χ4v) is 12.4. The monoisotopic (exact) mass is 1290 g/mol. The zero-order valence-corrected chi connectivity index (χ0v) is 53.1. The first-order valence-electron chi connectivity index (χ1n) is 29.5. The SMILES string of the molecule is Cc1ccc(S(=O)(=O)Nc2ccc(NNOC(C)c3ccccc3O)cc2)c(C)c1NC(=O)C[n+]1cccc(CONCCCCCCNC(=O)c2ccc[n+](CC(=O)Nc3c(C)ccc(S(=O)(=O)Nc4ccc(NNC(=O)Cc5ccccc5O)cc4)c3C)c2)c1. The van der Waals surface area contributed by atoms with Gasteiger partial charge in [0, 0.05) is 64.7 Å². The number of aryl methyl sites for hydroxylation is 2. The van der Waals surface area contributed by atoms with E-state index in [0.717, 1.165) is 31.2 Å². The molecule has 0 radical (unpaired) electrons. The summed E-state index contributed by atoms with van der Waals surface area (Å²) in [4.78, 5) is 63.6. The minimum absolute atomic E-state index is 0.00688. The number of aromatic nitrogens is 2. The van der Waals surface area contributed by atoms with Crippen LogP contribution in [0.2, 0.25) is 0 Å². The molecule has 0 spiro atoms. The second-order valence-electron chi connectivity index (χ2n) is 21.8. The van der Waals surface area contributed by atoms with E-state index in [0.29, 0.717) is 80.5 Å². The van der Waals surface area contributed by atoms with Gasteiger partial charge in [-0.15, -0.1) is 5.59 Å². The van der Waals surface area contributed by atoms with Crippen molar-refractivity contribution in [2.24, 2.45) is 0 Å². The fourth-order valence-electron chi connectivity index (χ4n) is 9.77. The molecule has 0 aliphatic rings. The number of amides is 4. The number of nitrogens with zero attached hydrogens (tertiary/aromatic N) is 2. The molecule has 2 heterocycles. The van der Waals surface area contributed by atoms with Crippen LogP contribution in [0.15, 0.2) is 180 Å². The van der Waals surface area contributed by atoms with Crippen molar-refractivity contribution in [1.29, 1.82) is 0 Å². The summed E-state index contributed by atoms with van der Waals surface area (Å²) in [5, 5.41) is 28.7. The van der Waals surface area contributed by atoms with Gasteiger partial charge in [0.2, 0.25) is 19.0 Å². The average Bonchev–Trinajstić information content (AvgIpc) is 0.925. The highest BCUT2D eigenvalue weighted by Gasteiger charge is 2.25. The number of sulfonamides is 2. The lowest BCUT2D eigenvalue weighted by molar-refractivity contribution is -0.684. The number of benzene rings is 6. The third-order valence-corrected chi connectivity index (χ3v) is 17.7. The van der Waals surface area contributed by atoms with Crippen molar-refractivity contribution >= 4 is 77.8 Å². The van der Waals surface area contributed by atoms with Crippen LogP contribution < -0.4 is 61.9 Å². The molecule has 6 aromatic carbocycles. The first kappa shape index (κ1) is 68.0. The number of hydrogen-bond acceptors (Lipinski definition) is 16. The summed E-state index contributed by atoms with van der Waals surface area (Å²) < 4.78 is 63.1. The second kappa shape index (κ2) is 32.2. The summed E-state index contributed by atoms with van der Waals surface area (Å²) >= 11 is 0. The molecule has 26 heteroatoms. The number of para-hydroxylation sites is 2. The first-order valence-corrected chi connectivity index (χ1v) is 32.5. The number of phenolic OH excluding ortho intramolecular Hbond substituents is 2. The van der Waals surface area contributed by atoms with Gasteiger partial charge in [0.1, 0.15) is 23.2 Å². The molecule has 24 nitrogen and oxygen atoms in total. The van der Waals surface area contributed by atoms with Crippen molar-refractivity contribution in [3.63, 3.8) is 0 Å². The van der Waals surface area contributed by atoms with E-state index in [2.05, 4.69) is 52.7 Å². The van der Waals surface area contributed by atoms with Gasteiger partial charge < -0.3 is 26.2 Å². The second-order valence-corrected chi connectivity index (χ2v) is 25.1. The Bertz CT molecular complexity index is 4140.